The molecule has 0 radical (unpaired) electrons. The van der Waals surface area contributed by atoms with Gasteiger partial charge in [0, 0.05) is 11.9 Å². The Morgan fingerprint density at radius 1 is 1.40 bits per heavy atom. The molecule has 5 nitrogen and oxygen atoms in total. The summed E-state index contributed by atoms with van der Waals surface area (Å²) < 4.78 is 12.8. The van der Waals surface area contributed by atoms with Crippen LogP contribution in [0.5, 0.6) is 0 Å². The molecule has 6 heteroatoms. The van der Waals surface area contributed by atoms with E-state index in [-0.39, 0.29) is 24.7 Å². The van der Waals surface area contributed by atoms with Gasteiger partial charge in [-0.2, -0.15) is 5.10 Å². The zero-order valence-electron chi connectivity index (χ0n) is 11.1. The maximum absolute atomic E-state index is 12.8. The molecule has 20 heavy (non-hydrogen) atoms. The van der Waals surface area contributed by atoms with E-state index in [2.05, 4.69) is 15.5 Å². The van der Waals surface area contributed by atoms with Crippen molar-refractivity contribution >= 4 is 5.91 Å². The number of hydrogen-bond donors (Lipinski definition) is 3. The highest BCUT2D eigenvalue weighted by Gasteiger charge is 2.23. The lowest BCUT2D eigenvalue weighted by Gasteiger charge is -2.24. The molecular weight excluding hydrogens is 261 g/mol. The van der Waals surface area contributed by atoms with E-state index in [1.807, 2.05) is 0 Å². The topological polar surface area (TPSA) is 78.0 Å². The van der Waals surface area contributed by atoms with Crippen LogP contribution in [-0.2, 0) is 16.8 Å². The Bertz CT molecular complexity index is 565. The van der Waals surface area contributed by atoms with Crippen molar-refractivity contribution in [2.75, 3.05) is 6.54 Å². The standard InChI is InChI=1S/C14H16FN3O2/c1-14(20,10-2-4-11(15)5-3-10)9-16-13(19)8-12-6-7-17-18-12/h2-7,20H,8-9H2,1H3,(H,16,19)(H,17,18). The first-order valence-electron chi connectivity index (χ1n) is 6.21. The molecule has 0 spiro atoms. The molecule has 0 aliphatic rings. The molecule has 1 heterocycles. The highest BCUT2D eigenvalue weighted by Crippen LogP contribution is 2.19. The number of halogens is 1. The maximum Gasteiger partial charge on any atom is 0.226 e. The fourth-order valence-corrected chi connectivity index (χ4v) is 1.80. The third kappa shape index (κ3) is 3.64. The maximum atomic E-state index is 12.8. The van der Waals surface area contributed by atoms with Gasteiger partial charge in [-0.05, 0) is 30.7 Å². The van der Waals surface area contributed by atoms with Gasteiger partial charge in [0.15, 0.2) is 0 Å². The Kier molecular flexibility index (Phi) is 4.14. The minimum atomic E-state index is -1.25. The van der Waals surface area contributed by atoms with Crippen molar-refractivity contribution in [2.24, 2.45) is 0 Å². The van der Waals surface area contributed by atoms with Crippen LogP contribution < -0.4 is 5.32 Å². The molecular formula is C14H16FN3O2. The Labute approximate surface area is 115 Å². The van der Waals surface area contributed by atoms with Gasteiger partial charge in [0.05, 0.1) is 13.0 Å². The van der Waals surface area contributed by atoms with Crippen molar-refractivity contribution < 1.29 is 14.3 Å². The Morgan fingerprint density at radius 2 is 2.10 bits per heavy atom. The number of hydrogen-bond acceptors (Lipinski definition) is 3. The van der Waals surface area contributed by atoms with Gasteiger partial charge >= 0.3 is 0 Å². The molecule has 0 saturated carbocycles. The molecule has 1 atom stereocenters. The molecule has 2 rings (SSSR count). The number of H-pyrrole nitrogens is 1. The fourth-order valence-electron chi connectivity index (χ4n) is 1.80. The third-order valence-electron chi connectivity index (χ3n) is 3.01. The fraction of sp³-hybridized carbons (Fsp3) is 0.286. The smallest absolute Gasteiger partial charge is 0.226 e. The van der Waals surface area contributed by atoms with Gasteiger partial charge in [-0.3, -0.25) is 9.89 Å². The first-order valence-corrected chi connectivity index (χ1v) is 6.21. The van der Waals surface area contributed by atoms with Crippen LogP contribution in [0.3, 0.4) is 0 Å². The number of nitrogens with zero attached hydrogens (tertiary/aromatic N) is 1. The quantitative estimate of drug-likeness (QED) is 0.766. The third-order valence-corrected chi connectivity index (χ3v) is 3.01. The summed E-state index contributed by atoms with van der Waals surface area (Å²) in [6.07, 6.45) is 1.73. The van der Waals surface area contributed by atoms with E-state index in [1.165, 1.54) is 24.3 Å². The first kappa shape index (κ1) is 14.2. The number of aliphatic hydroxyl groups is 1. The molecule has 0 bridgehead atoms. The summed E-state index contributed by atoms with van der Waals surface area (Å²) in [5, 5.41) is 19.4. The lowest BCUT2D eigenvalue weighted by molar-refractivity contribution is -0.121. The first-order chi connectivity index (χ1) is 9.47. The SMILES string of the molecule is CC(O)(CNC(=O)Cc1ccn[nH]1)c1ccc(F)cc1. The summed E-state index contributed by atoms with van der Waals surface area (Å²) in [7, 11) is 0. The Hall–Kier alpha value is -2.21. The minimum Gasteiger partial charge on any atom is -0.384 e. The van der Waals surface area contributed by atoms with E-state index in [0.29, 0.717) is 11.3 Å². The highest BCUT2D eigenvalue weighted by molar-refractivity contribution is 5.78. The lowest BCUT2D eigenvalue weighted by Crippen LogP contribution is -2.39. The van der Waals surface area contributed by atoms with E-state index in [4.69, 9.17) is 0 Å². The van der Waals surface area contributed by atoms with Crippen molar-refractivity contribution in [3.05, 3.63) is 53.6 Å². The van der Waals surface area contributed by atoms with Crippen LogP contribution in [0.4, 0.5) is 4.39 Å². The summed E-state index contributed by atoms with van der Waals surface area (Å²) in [5.74, 6) is -0.593. The van der Waals surface area contributed by atoms with Crippen molar-refractivity contribution in [3.8, 4) is 0 Å². The number of rotatable bonds is 5. The average Bonchev–Trinajstić information content (AvgIpc) is 2.90. The number of aromatic amines is 1. The average molecular weight is 277 g/mol. The van der Waals surface area contributed by atoms with E-state index in [1.54, 1.807) is 19.2 Å². The number of aromatic nitrogens is 2. The predicted octanol–water partition coefficient (Wildman–Crippen LogP) is 1.12. The van der Waals surface area contributed by atoms with Crippen molar-refractivity contribution in [3.63, 3.8) is 0 Å². The Morgan fingerprint density at radius 3 is 2.70 bits per heavy atom. The summed E-state index contributed by atoms with van der Waals surface area (Å²) >= 11 is 0. The van der Waals surface area contributed by atoms with E-state index in [0.717, 1.165) is 0 Å². The van der Waals surface area contributed by atoms with Gasteiger partial charge in [-0.15, -0.1) is 0 Å². The van der Waals surface area contributed by atoms with Crippen molar-refractivity contribution in [2.45, 2.75) is 18.9 Å². The van der Waals surface area contributed by atoms with E-state index < -0.39 is 5.60 Å². The van der Waals surface area contributed by atoms with Gasteiger partial charge in [-0.1, -0.05) is 12.1 Å². The second-order valence-corrected chi connectivity index (χ2v) is 4.82. The van der Waals surface area contributed by atoms with Crippen LogP contribution in [-0.4, -0.2) is 27.8 Å². The summed E-state index contributed by atoms with van der Waals surface area (Å²) in [5.41, 5.74) is -0.0122. The number of carbonyl (C=O) groups is 1. The zero-order chi connectivity index (χ0) is 14.6. The molecule has 0 fully saturated rings. The number of carbonyl (C=O) groups excluding carboxylic acids is 1. The van der Waals surface area contributed by atoms with Crippen LogP contribution in [0.1, 0.15) is 18.2 Å². The molecule has 3 N–H and O–H groups in total. The van der Waals surface area contributed by atoms with Crippen molar-refractivity contribution in [1.29, 1.82) is 0 Å². The molecule has 0 aliphatic carbocycles. The number of benzene rings is 1. The minimum absolute atomic E-state index is 0.0472. The molecule has 0 saturated heterocycles. The van der Waals surface area contributed by atoms with Crippen LogP contribution in [0, 0.1) is 5.82 Å². The van der Waals surface area contributed by atoms with Gasteiger partial charge in [-0.25, -0.2) is 4.39 Å². The second-order valence-electron chi connectivity index (χ2n) is 4.82. The van der Waals surface area contributed by atoms with Crippen LogP contribution in [0.25, 0.3) is 0 Å². The summed E-state index contributed by atoms with van der Waals surface area (Å²) in [6.45, 7) is 1.61. The Balaban J connectivity index is 1.91. The largest absolute Gasteiger partial charge is 0.384 e. The van der Waals surface area contributed by atoms with Crippen LogP contribution in [0.2, 0.25) is 0 Å². The van der Waals surface area contributed by atoms with Crippen LogP contribution >= 0.6 is 0 Å². The molecule has 106 valence electrons. The normalized spacial score (nSPS) is 13.8. The molecule has 1 unspecified atom stereocenters. The molecule has 1 aromatic heterocycles. The summed E-state index contributed by atoms with van der Waals surface area (Å²) in [6, 6.07) is 7.25. The van der Waals surface area contributed by atoms with E-state index >= 15 is 0 Å². The van der Waals surface area contributed by atoms with Gasteiger partial charge in [0.1, 0.15) is 11.4 Å². The molecule has 1 amide bonds. The summed E-state index contributed by atoms with van der Waals surface area (Å²) in [4.78, 5) is 11.7. The van der Waals surface area contributed by atoms with Crippen molar-refractivity contribution in [1.82, 2.24) is 15.5 Å². The molecule has 1 aromatic carbocycles. The molecule has 2 aromatic rings. The number of amides is 1. The zero-order valence-corrected chi connectivity index (χ0v) is 11.1. The molecule has 0 aliphatic heterocycles. The van der Waals surface area contributed by atoms with Gasteiger partial charge < -0.3 is 10.4 Å². The monoisotopic (exact) mass is 277 g/mol. The van der Waals surface area contributed by atoms with E-state index in [9.17, 15) is 14.3 Å². The number of nitrogens with one attached hydrogen (secondary N) is 2. The van der Waals surface area contributed by atoms with Gasteiger partial charge in [0.25, 0.3) is 0 Å². The van der Waals surface area contributed by atoms with Gasteiger partial charge in [0.2, 0.25) is 5.91 Å². The lowest BCUT2D eigenvalue weighted by atomic mass is 9.96. The van der Waals surface area contributed by atoms with Crippen LogP contribution in [0.15, 0.2) is 36.5 Å². The second kappa shape index (κ2) is 5.83. The highest BCUT2D eigenvalue weighted by atomic mass is 19.1. The predicted molar refractivity (Wildman–Crippen MR) is 71.3 cm³/mol.